The third-order valence-electron chi connectivity index (χ3n) is 2.21. The van der Waals surface area contributed by atoms with Gasteiger partial charge in [-0.25, -0.2) is 18.4 Å². The molecule has 2 rings (SSSR count). The second-order valence-electron chi connectivity index (χ2n) is 3.54. The first-order valence-corrected chi connectivity index (χ1v) is 6.86. The molecule has 5 nitrogen and oxygen atoms in total. The van der Waals surface area contributed by atoms with Crippen LogP contribution in [0, 0.1) is 0 Å². The van der Waals surface area contributed by atoms with E-state index < -0.39 is 9.84 Å². The van der Waals surface area contributed by atoms with E-state index in [1.165, 1.54) is 12.3 Å². The van der Waals surface area contributed by atoms with Gasteiger partial charge < -0.3 is 0 Å². The number of sulfone groups is 1. The monoisotopic (exact) mass is 261 g/mol. The predicted octanol–water partition coefficient (Wildman–Crippen LogP) is 1.50. The smallest absolute Gasteiger partial charge is 0.247 e. The van der Waals surface area contributed by atoms with Crippen LogP contribution >= 0.6 is 0 Å². The van der Waals surface area contributed by atoms with Crippen molar-refractivity contribution in [1.82, 2.24) is 15.0 Å². The summed E-state index contributed by atoms with van der Waals surface area (Å²) in [5.41, 5.74) is 1.27. The maximum atomic E-state index is 11.8. The van der Waals surface area contributed by atoms with Crippen molar-refractivity contribution in [3.05, 3.63) is 49.4 Å². The number of hydrogen-bond acceptors (Lipinski definition) is 5. The van der Waals surface area contributed by atoms with E-state index >= 15 is 0 Å². The number of pyridine rings is 1. The normalized spacial score (nSPS) is 11.1. The molecular formula is C12H11N3O2S. The Kier molecular flexibility index (Phi) is 3.47. The topological polar surface area (TPSA) is 72.8 Å². The minimum atomic E-state index is -3.50. The van der Waals surface area contributed by atoms with Crippen molar-refractivity contribution in [2.45, 2.75) is 5.16 Å². The summed E-state index contributed by atoms with van der Waals surface area (Å²) in [4.78, 5) is 11.8. The number of rotatable bonds is 4. The van der Waals surface area contributed by atoms with Gasteiger partial charge in [-0.1, -0.05) is 6.08 Å². The molecule has 0 aliphatic rings. The van der Waals surface area contributed by atoms with Gasteiger partial charge >= 0.3 is 0 Å². The maximum absolute atomic E-state index is 11.8. The molecule has 0 unspecified atom stereocenters. The molecule has 0 amide bonds. The minimum Gasteiger partial charge on any atom is -0.264 e. The van der Waals surface area contributed by atoms with Crippen LogP contribution < -0.4 is 0 Å². The van der Waals surface area contributed by atoms with Gasteiger partial charge in [0.2, 0.25) is 15.0 Å². The molecule has 6 heteroatoms. The lowest BCUT2D eigenvalue weighted by Gasteiger charge is -2.03. The van der Waals surface area contributed by atoms with Crippen LogP contribution in [0.4, 0.5) is 0 Å². The molecule has 0 aliphatic carbocycles. The molecule has 0 spiro atoms. The first-order chi connectivity index (χ1) is 8.63. The summed E-state index contributed by atoms with van der Waals surface area (Å²) < 4.78 is 23.6. The highest BCUT2D eigenvalue weighted by Gasteiger charge is 2.16. The van der Waals surface area contributed by atoms with Crippen molar-refractivity contribution in [3.63, 3.8) is 0 Å². The van der Waals surface area contributed by atoms with Crippen molar-refractivity contribution in [1.29, 1.82) is 0 Å². The lowest BCUT2D eigenvalue weighted by atomic mass is 10.2. The summed E-state index contributed by atoms with van der Waals surface area (Å²) in [6, 6.07) is 5.21. The van der Waals surface area contributed by atoms with Crippen molar-refractivity contribution >= 4 is 9.84 Å². The van der Waals surface area contributed by atoms with Crippen LogP contribution in [-0.2, 0) is 9.84 Å². The Morgan fingerprint density at radius 2 is 2.11 bits per heavy atom. The van der Waals surface area contributed by atoms with Crippen LogP contribution in [0.15, 0.2) is 54.6 Å². The molecule has 2 aromatic heterocycles. The van der Waals surface area contributed by atoms with E-state index in [-0.39, 0.29) is 10.9 Å². The van der Waals surface area contributed by atoms with Gasteiger partial charge in [0, 0.05) is 24.2 Å². The van der Waals surface area contributed by atoms with Gasteiger partial charge in [0.15, 0.2) is 0 Å². The molecule has 2 aromatic rings. The molecular weight excluding hydrogens is 250 g/mol. The number of aromatic nitrogens is 3. The highest BCUT2D eigenvalue weighted by atomic mass is 32.2. The van der Waals surface area contributed by atoms with Crippen molar-refractivity contribution < 1.29 is 8.42 Å². The fraction of sp³-hybridized carbons (Fsp3) is 0.0833. The molecule has 0 bridgehead atoms. The quantitative estimate of drug-likeness (QED) is 0.616. The Morgan fingerprint density at radius 1 is 1.28 bits per heavy atom. The molecule has 0 saturated carbocycles. The molecule has 0 fully saturated rings. The van der Waals surface area contributed by atoms with Gasteiger partial charge in [0.1, 0.15) is 0 Å². The van der Waals surface area contributed by atoms with Crippen LogP contribution in [-0.4, -0.2) is 29.1 Å². The van der Waals surface area contributed by atoms with E-state index in [1.54, 1.807) is 30.6 Å². The Balaban J connectivity index is 2.46. The average molecular weight is 261 g/mol. The van der Waals surface area contributed by atoms with Crippen molar-refractivity contribution in [2.24, 2.45) is 0 Å². The van der Waals surface area contributed by atoms with Gasteiger partial charge in [-0.05, 0) is 18.2 Å². The average Bonchev–Trinajstić information content (AvgIpc) is 2.40. The Labute approximate surface area is 105 Å². The lowest BCUT2D eigenvalue weighted by molar-refractivity contribution is 0.590. The zero-order valence-corrected chi connectivity index (χ0v) is 10.3. The highest BCUT2D eigenvalue weighted by Crippen LogP contribution is 2.16. The summed E-state index contributed by atoms with van der Waals surface area (Å²) in [5, 5.41) is -0.191. The largest absolute Gasteiger partial charge is 0.264 e. The van der Waals surface area contributed by atoms with Crippen molar-refractivity contribution in [2.75, 3.05) is 5.75 Å². The summed E-state index contributed by atoms with van der Waals surface area (Å²) >= 11 is 0. The molecule has 0 aliphatic heterocycles. The van der Waals surface area contributed by atoms with E-state index in [0.29, 0.717) is 5.69 Å². The third kappa shape index (κ3) is 2.60. The van der Waals surface area contributed by atoms with Crippen LogP contribution in [0.1, 0.15) is 0 Å². The summed E-state index contributed by atoms with van der Waals surface area (Å²) in [6.07, 6.45) is 5.99. The van der Waals surface area contributed by atoms with Gasteiger partial charge in [-0.2, -0.15) is 0 Å². The standard InChI is InChI=1S/C12H11N3O2S/c1-2-8-18(16,17)12-14-7-5-11(15-12)10-4-3-6-13-9-10/h2-7,9H,1,8H2. The number of nitrogens with zero attached hydrogens (tertiary/aromatic N) is 3. The first-order valence-electron chi connectivity index (χ1n) is 5.20. The highest BCUT2D eigenvalue weighted by molar-refractivity contribution is 7.91. The lowest BCUT2D eigenvalue weighted by Crippen LogP contribution is -2.09. The molecule has 2 heterocycles. The zero-order valence-electron chi connectivity index (χ0n) is 9.52. The Bertz CT molecular complexity index is 654. The van der Waals surface area contributed by atoms with Gasteiger partial charge in [0.05, 0.1) is 11.4 Å². The van der Waals surface area contributed by atoms with Crippen LogP contribution in [0.3, 0.4) is 0 Å². The summed E-state index contributed by atoms with van der Waals surface area (Å²) in [5.74, 6) is -0.177. The van der Waals surface area contributed by atoms with E-state index in [4.69, 9.17) is 0 Å². The molecule has 18 heavy (non-hydrogen) atoms. The summed E-state index contributed by atoms with van der Waals surface area (Å²) in [7, 11) is -3.50. The third-order valence-corrected chi connectivity index (χ3v) is 3.63. The van der Waals surface area contributed by atoms with Gasteiger partial charge in [-0.3, -0.25) is 4.98 Å². The minimum absolute atomic E-state index is 0.177. The molecule has 0 saturated heterocycles. The zero-order chi connectivity index (χ0) is 13.0. The van der Waals surface area contributed by atoms with Gasteiger partial charge in [-0.15, -0.1) is 6.58 Å². The van der Waals surface area contributed by atoms with E-state index in [9.17, 15) is 8.42 Å². The van der Waals surface area contributed by atoms with E-state index in [2.05, 4.69) is 21.5 Å². The molecule has 0 radical (unpaired) electrons. The Morgan fingerprint density at radius 3 is 2.78 bits per heavy atom. The van der Waals surface area contributed by atoms with Gasteiger partial charge in [0.25, 0.3) is 0 Å². The Hall–Kier alpha value is -2.08. The molecule has 0 N–H and O–H groups in total. The van der Waals surface area contributed by atoms with Crippen LogP contribution in [0.2, 0.25) is 0 Å². The fourth-order valence-electron chi connectivity index (χ4n) is 1.40. The SMILES string of the molecule is C=CCS(=O)(=O)c1nccc(-c2cccnc2)n1. The fourth-order valence-corrected chi connectivity index (χ4v) is 2.31. The van der Waals surface area contributed by atoms with E-state index in [0.717, 1.165) is 5.56 Å². The molecule has 0 aromatic carbocycles. The van der Waals surface area contributed by atoms with E-state index in [1.807, 2.05) is 0 Å². The second kappa shape index (κ2) is 5.05. The van der Waals surface area contributed by atoms with Crippen LogP contribution in [0.5, 0.6) is 0 Å². The second-order valence-corrected chi connectivity index (χ2v) is 5.46. The molecule has 0 atom stereocenters. The van der Waals surface area contributed by atoms with Crippen LogP contribution in [0.25, 0.3) is 11.3 Å². The van der Waals surface area contributed by atoms with Crippen molar-refractivity contribution in [3.8, 4) is 11.3 Å². The first kappa shape index (κ1) is 12.4. The predicted molar refractivity (Wildman–Crippen MR) is 67.5 cm³/mol. The summed E-state index contributed by atoms with van der Waals surface area (Å²) in [6.45, 7) is 3.41. The molecule has 92 valence electrons. The number of hydrogen-bond donors (Lipinski definition) is 0. The maximum Gasteiger partial charge on any atom is 0.247 e.